The number of Topliss-reactive ketones (excluding diaryl/α,β-unsaturated/α-hetero) is 1. The fourth-order valence-electron chi connectivity index (χ4n) is 2.64. The second kappa shape index (κ2) is 5.78. The molecule has 1 aliphatic carbocycles. The van der Waals surface area contributed by atoms with Crippen molar-refractivity contribution in [1.82, 2.24) is 0 Å². The van der Waals surface area contributed by atoms with Crippen LogP contribution in [0.1, 0.15) is 46.5 Å². The normalized spacial score (nSPS) is 29.2. The van der Waals surface area contributed by atoms with Gasteiger partial charge in [-0.3, -0.25) is 4.79 Å². The Morgan fingerprint density at radius 1 is 1.35 bits per heavy atom. The Bertz CT molecular complexity index is 319. The Balaban J connectivity index is 2.87. The molecule has 0 aliphatic heterocycles. The standard InChI is InChI=1S/C14H24O3/c1-5-6-7-8-14(16)11(3)10(2)13(15)12(14)9-17-4/h12,16H,5-9H2,1-4H3. The Hall–Kier alpha value is -0.670. The minimum absolute atomic E-state index is 0.0448. The van der Waals surface area contributed by atoms with E-state index in [0.717, 1.165) is 24.8 Å². The van der Waals surface area contributed by atoms with Crippen molar-refractivity contribution in [3.05, 3.63) is 11.1 Å². The van der Waals surface area contributed by atoms with Crippen LogP contribution in [0.2, 0.25) is 0 Å². The molecule has 0 heterocycles. The molecule has 0 aromatic heterocycles. The first-order chi connectivity index (χ1) is 7.99. The topological polar surface area (TPSA) is 46.5 Å². The van der Waals surface area contributed by atoms with Gasteiger partial charge in [-0.25, -0.2) is 0 Å². The summed E-state index contributed by atoms with van der Waals surface area (Å²) in [6.07, 6.45) is 3.80. The summed E-state index contributed by atoms with van der Waals surface area (Å²) in [5, 5.41) is 10.8. The number of aliphatic hydroxyl groups is 1. The number of unbranched alkanes of at least 4 members (excludes halogenated alkanes) is 2. The van der Waals surface area contributed by atoms with E-state index in [-0.39, 0.29) is 5.78 Å². The smallest absolute Gasteiger partial charge is 0.167 e. The van der Waals surface area contributed by atoms with Gasteiger partial charge in [0.15, 0.2) is 5.78 Å². The molecular weight excluding hydrogens is 216 g/mol. The second-order valence-electron chi connectivity index (χ2n) is 5.00. The lowest BCUT2D eigenvalue weighted by atomic mass is 9.82. The minimum atomic E-state index is -0.980. The Labute approximate surface area is 104 Å². The van der Waals surface area contributed by atoms with Crippen LogP contribution in [0.15, 0.2) is 11.1 Å². The summed E-state index contributed by atoms with van der Waals surface area (Å²) in [4.78, 5) is 12.1. The number of carbonyl (C=O) groups is 1. The highest BCUT2D eigenvalue weighted by Gasteiger charge is 2.48. The molecule has 0 radical (unpaired) electrons. The summed E-state index contributed by atoms with van der Waals surface area (Å²) in [7, 11) is 1.57. The van der Waals surface area contributed by atoms with Gasteiger partial charge in [-0.2, -0.15) is 0 Å². The Morgan fingerprint density at radius 3 is 2.53 bits per heavy atom. The number of rotatable bonds is 6. The molecule has 0 aromatic rings. The highest BCUT2D eigenvalue weighted by atomic mass is 16.5. The van der Waals surface area contributed by atoms with Crippen LogP contribution >= 0.6 is 0 Å². The van der Waals surface area contributed by atoms with E-state index >= 15 is 0 Å². The molecule has 3 heteroatoms. The van der Waals surface area contributed by atoms with Crippen LogP contribution in [-0.2, 0) is 9.53 Å². The van der Waals surface area contributed by atoms with E-state index in [1.165, 1.54) is 0 Å². The molecule has 2 unspecified atom stereocenters. The van der Waals surface area contributed by atoms with Crippen LogP contribution in [0.4, 0.5) is 0 Å². The summed E-state index contributed by atoms with van der Waals surface area (Å²) in [6.45, 7) is 6.10. The zero-order chi connectivity index (χ0) is 13.1. The fourth-order valence-corrected chi connectivity index (χ4v) is 2.64. The van der Waals surface area contributed by atoms with Gasteiger partial charge >= 0.3 is 0 Å². The second-order valence-corrected chi connectivity index (χ2v) is 5.00. The third kappa shape index (κ3) is 2.61. The quantitative estimate of drug-likeness (QED) is 0.725. The van der Waals surface area contributed by atoms with Crippen LogP contribution in [0, 0.1) is 5.92 Å². The maximum absolute atomic E-state index is 12.1. The van der Waals surface area contributed by atoms with E-state index in [1.54, 1.807) is 14.0 Å². The monoisotopic (exact) mass is 240 g/mol. The predicted octanol–water partition coefficient (Wildman–Crippen LogP) is 2.48. The summed E-state index contributed by atoms with van der Waals surface area (Å²) in [5.74, 6) is -0.368. The summed E-state index contributed by atoms with van der Waals surface area (Å²) in [6, 6.07) is 0. The van der Waals surface area contributed by atoms with Gasteiger partial charge in [0.05, 0.1) is 18.1 Å². The van der Waals surface area contributed by atoms with Crippen molar-refractivity contribution in [3.8, 4) is 0 Å². The molecule has 1 aliphatic rings. The molecule has 1 N–H and O–H groups in total. The SMILES string of the molecule is CCCCCC1(O)C(C)=C(C)C(=O)C1COC. The maximum Gasteiger partial charge on any atom is 0.167 e. The molecule has 0 spiro atoms. The first kappa shape index (κ1) is 14.4. The van der Waals surface area contributed by atoms with Gasteiger partial charge in [-0.1, -0.05) is 26.2 Å². The van der Waals surface area contributed by atoms with Crippen molar-refractivity contribution in [2.75, 3.05) is 13.7 Å². The summed E-state index contributed by atoms with van der Waals surface area (Å²) < 4.78 is 5.09. The molecule has 0 amide bonds. The highest BCUT2D eigenvalue weighted by molar-refractivity contribution is 6.02. The van der Waals surface area contributed by atoms with E-state index in [0.29, 0.717) is 18.6 Å². The van der Waals surface area contributed by atoms with E-state index < -0.39 is 11.5 Å². The van der Waals surface area contributed by atoms with Gasteiger partial charge in [-0.05, 0) is 31.4 Å². The number of allylic oxidation sites excluding steroid dienone is 1. The average Bonchev–Trinajstić information content (AvgIpc) is 2.46. The molecule has 3 nitrogen and oxygen atoms in total. The molecule has 0 saturated heterocycles. The number of carbonyl (C=O) groups excluding carboxylic acids is 1. The molecule has 98 valence electrons. The van der Waals surface area contributed by atoms with E-state index in [1.807, 2.05) is 6.92 Å². The first-order valence-corrected chi connectivity index (χ1v) is 6.42. The third-order valence-electron chi connectivity index (χ3n) is 3.97. The minimum Gasteiger partial charge on any atom is -0.385 e. The van der Waals surface area contributed by atoms with Gasteiger partial charge in [-0.15, -0.1) is 0 Å². The van der Waals surface area contributed by atoms with E-state index in [4.69, 9.17) is 4.74 Å². The predicted molar refractivity (Wildman–Crippen MR) is 67.8 cm³/mol. The van der Waals surface area contributed by atoms with Crippen LogP contribution in [0.3, 0.4) is 0 Å². The Kier molecular flexibility index (Phi) is 4.90. The number of hydrogen-bond acceptors (Lipinski definition) is 3. The van der Waals surface area contributed by atoms with Gasteiger partial charge in [0.2, 0.25) is 0 Å². The number of hydrogen-bond donors (Lipinski definition) is 1. The van der Waals surface area contributed by atoms with Crippen LogP contribution in [-0.4, -0.2) is 30.2 Å². The zero-order valence-electron chi connectivity index (χ0n) is 11.4. The lowest BCUT2D eigenvalue weighted by molar-refractivity contribution is -0.126. The lowest BCUT2D eigenvalue weighted by Gasteiger charge is -2.31. The first-order valence-electron chi connectivity index (χ1n) is 6.42. The third-order valence-corrected chi connectivity index (χ3v) is 3.97. The van der Waals surface area contributed by atoms with Crippen LogP contribution in [0.5, 0.6) is 0 Å². The highest BCUT2D eigenvalue weighted by Crippen LogP contribution is 2.41. The van der Waals surface area contributed by atoms with E-state index in [9.17, 15) is 9.90 Å². The van der Waals surface area contributed by atoms with Crippen molar-refractivity contribution in [2.45, 2.75) is 52.1 Å². The largest absolute Gasteiger partial charge is 0.385 e. The van der Waals surface area contributed by atoms with Crippen LogP contribution in [0.25, 0.3) is 0 Å². The van der Waals surface area contributed by atoms with Crippen molar-refractivity contribution in [2.24, 2.45) is 5.92 Å². The molecule has 1 rings (SSSR count). The molecular formula is C14H24O3. The van der Waals surface area contributed by atoms with Gasteiger partial charge < -0.3 is 9.84 Å². The van der Waals surface area contributed by atoms with Gasteiger partial charge in [0.25, 0.3) is 0 Å². The van der Waals surface area contributed by atoms with Gasteiger partial charge in [0, 0.05) is 7.11 Å². The maximum atomic E-state index is 12.1. The Morgan fingerprint density at radius 2 is 2.00 bits per heavy atom. The molecule has 2 atom stereocenters. The molecule has 0 saturated carbocycles. The lowest BCUT2D eigenvalue weighted by Crippen LogP contribution is -2.41. The van der Waals surface area contributed by atoms with Crippen molar-refractivity contribution in [1.29, 1.82) is 0 Å². The average molecular weight is 240 g/mol. The number of ether oxygens (including phenoxy) is 1. The summed E-state index contributed by atoms with van der Waals surface area (Å²) >= 11 is 0. The van der Waals surface area contributed by atoms with Gasteiger partial charge in [0.1, 0.15) is 0 Å². The molecule has 0 bridgehead atoms. The van der Waals surface area contributed by atoms with E-state index in [2.05, 4.69) is 6.92 Å². The van der Waals surface area contributed by atoms with Crippen molar-refractivity contribution >= 4 is 5.78 Å². The molecule has 0 aromatic carbocycles. The van der Waals surface area contributed by atoms with Crippen molar-refractivity contribution in [3.63, 3.8) is 0 Å². The van der Waals surface area contributed by atoms with Crippen LogP contribution < -0.4 is 0 Å². The van der Waals surface area contributed by atoms with Crippen molar-refractivity contribution < 1.29 is 14.6 Å². The molecule has 17 heavy (non-hydrogen) atoms. The number of methoxy groups -OCH3 is 1. The zero-order valence-corrected chi connectivity index (χ0v) is 11.4. The molecule has 0 fully saturated rings. The fraction of sp³-hybridized carbons (Fsp3) is 0.786. The summed E-state index contributed by atoms with van der Waals surface area (Å²) in [5.41, 5.74) is 0.568. The number of ketones is 1.